The fourth-order valence-corrected chi connectivity index (χ4v) is 5.71. The molecular weight excluding hydrogens is 438 g/mol. The summed E-state index contributed by atoms with van der Waals surface area (Å²) in [5.41, 5.74) is 4.98. The Balaban J connectivity index is 1.34. The van der Waals surface area contributed by atoms with Crippen molar-refractivity contribution < 1.29 is 4.74 Å². The summed E-state index contributed by atoms with van der Waals surface area (Å²) in [6.07, 6.45) is 8.92. The summed E-state index contributed by atoms with van der Waals surface area (Å²) in [4.78, 5) is 22.9. The van der Waals surface area contributed by atoms with Gasteiger partial charge < -0.3 is 14.5 Å². The van der Waals surface area contributed by atoms with Gasteiger partial charge in [-0.25, -0.2) is 4.79 Å². The molecule has 3 heterocycles. The summed E-state index contributed by atoms with van der Waals surface area (Å²) in [5, 5.41) is 0. The second-order valence-electron chi connectivity index (χ2n) is 10.1. The smallest absolute Gasteiger partial charge is 0.333 e. The van der Waals surface area contributed by atoms with Gasteiger partial charge in [-0.15, -0.1) is 0 Å². The van der Waals surface area contributed by atoms with E-state index in [0.717, 1.165) is 75.4 Å². The summed E-state index contributed by atoms with van der Waals surface area (Å²) in [6, 6.07) is 12.6. The number of ether oxygens (including phenoxy) is 1. The summed E-state index contributed by atoms with van der Waals surface area (Å²) >= 11 is 0. The number of likely N-dealkylation sites (N-methyl/N-ethyl adjacent to an activating group) is 1. The Labute approximate surface area is 208 Å². The standard InChI is InChI=1S/C28H37N5O2/c1-22-21-32(15-12-23-8-4-5-9-25(23)31-18-16-30(2)17-19-31)27(34)33(22)24-10-11-26(29-20-24)28(35-3)13-6-7-14-28/h4-5,8-11,20-21H,6-7,12-19H2,1-3H3. The summed E-state index contributed by atoms with van der Waals surface area (Å²) in [5.74, 6) is 0. The zero-order chi connectivity index (χ0) is 24.4. The van der Waals surface area contributed by atoms with Crippen molar-refractivity contribution in [3.05, 3.63) is 76.2 Å². The van der Waals surface area contributed by atoms with Gasteiger partial charge in [-0.3, -0.25) is 14.1 Å². The summed E-state index contributed by atoms with van der Waals surface area (Å²) in [7, 11) is 3.95. The van der Waals surface area contributed by atoms with Gasteiger partial charge in [0.25, 0.3) is 0 Å². The molecular formula is C28H37N5O2. The van der Waals surface area contributed by atoms with E-state index in [0.29, 0.717) is 6.54 Å². The molecule has 0 radical (unpaired) electrons. The number of rotatable bonds is 7. The van der Waals surface area contributed by atoms with Crippen LogP contribution < -0.4 is 10.6 Å². The highest BCUT2D eigenvalue weighted by molar-refractivity contribution is 5.54. The molecule has 7 heteroatoms. The highest BCUT2D eigenvalue weighted by Gasteiger charge is 2.36. The van der Waals surface area contributed by atoms with Crippen LogP contribution >= 0.6 is 0 Å². The van der Waals surface area contributed by atoms with E-state index in [1.807, 2.05) is 36.0 Å². The number of imidazole rings is 1. The molecule has 35 heavy (non-hydrogen) atoms. The molecule has 0 unspecified atom stereocenters. The highest BCUT2D eigenvalue weighted by atomic mass is 16.5. The van der Waals surface area contributed by atoms with E-state index >= 15 is 0 Å². The molecule has 1 saturated carbocycles. The maximum absolute atomic E-state index is 13.4. The minimum atomic E-state index is -0.276. The molecule has 3 aromatic rings. The molecule has 0 bridgehead atoms. The molecule has 1 aliphatic heterocycles. The van der Waals surface area contributed by atoms with Gasteiger partial charge >= 0.3 is 5.69 Å². The molecule has 5 rings (SSSR count). The number of hydrogen-bond acceptors (Lipinski definition) is 5. The number of para-hydroxylation sites is 1. The van der Waals surface area contributed by atoms with Crippen LogP contribution in [-0.2, 0) is 23.3 Å². The minimum absolute atomic E-state index is 0.0172. The Kier molecular flexibility index (Phi) is 6.80. The lowest BCUT2D eigenvalue weighted by Crippen LogP contribution is -2.44. The molecule has 0 spiro atoms. The van der Waals surface area contributed by atoms with E-state index in [1.165, 1.54) is 11.3 Å². The molecule has 0 N–H and O–H groups in total. The number of aromatic nitrogens is 3. The Hall–Kier alpha value is -2.90. The number of anilines is 1. The van der Waals surface area contributed by atoms with Crippen LogP contribution in [0.2, 0.25) is 0 Å². The maximum Gasteiger partial charge on any atom is 0.333 e. The molecule has 2 fully saturated rings. The third-order valence-corrected chi connectivity index (χ3v) is 7.86. The van der Waals surface area contributed by atoms with E-state index in [4.69, 9.17) is 9.72 Å². The normalized spacial score (nSPS) is 18.3. The number of piperazine rings is 1. The van der Waals surface area contributed by atoms with E-state index in [-0.39, 0.29) is 11.3 Å². The van der Waals surface area contributed by atoms with Gasteiger partial charge in [0.05, 0.1) is 17.6 Å². The Bertz CT molecular complexity index is 1200. The lowest BCUT2D eigenvalue weighted by Gasteiger charge is -2.35. The molecule has 2 aromatic heterocycles. The first-order chi connectivity index (χ1) is 17.0. The van der Waals surface area contributed by atoms with Crippen LogP contribution in [0.1, 0.15) is 42.6 Å². The summed E-state index contributed by atoms with van der Waals surface area (Å²) < 4.78 is 9.47. The lowest BCUT2D eigenvalue weighted by molar-refractivity contribution is -0.0123. The Morgan fingerprint density at radius 2 is 1.77 bits per heavy atom. The van der Waals surface area contributed by atoms with Crippen molar-refractivity contribution in [1.82, 2.24) is 19.0 Å². The number of methoxy groups -OCH3 is 1. The van der Waals surface area contributed by atoms with Crippen molar-refractivity contribution in [2.24, 2.45) is 0 Å². The van der Waals surface area contributed by atoms with Crippen molar-refractivity contribution in [2.45, 2.75) is 51.2 Å². The molecule has 1 aromatic carbocycles. The van der Waals surface area contributed by atoms with Crippen LogP contribution in [0.5, 0.6) is 0 Å². The number of aryl methyl sites for hydroxylation is 3. The van der Waals surface area contributed by atoms with Crippen LogP contribution in [-0.4, -0.2) is 59.4 Å². The average molecular weight is 476 g/mol. The predicted octanol–water partition coefficient (Wildman–Crippen LogP) is 3.75. The van der Waals surface area contributed by atoms with E-state index in [9.17, 15) is 4.79 Å². The molecule has 186 valence electrons. The molecule has 1 aliphatic carbocycles. The van der Waals surface area contributed by atoms with Crippen molar-refractivity contribution in [3.63, 3.8) is 0 Å². The van der Waals surface area contributed by atoms with Gasteiger partial charge in [-0.1, -0.05) is 31.0 Å². The number of hydrogen-bond donors (Lipinski definition) is 0. The Morgan fingerprint density at radius 1 is 1.03 bits per heavy atom. The topological polar surface area (TPSA) is 55.5 Å². The van der Waals surface area contributed by atoms with Crippen molar-refractivity contribution in [3.8, 4) is 5.69 Å². The fraction of sp³-hybridized carbons (Fsp3) is 0.500. The second kappa shape index (κ2) is 9.99. The first kappa shape index (κ1) is 23.8. The maximum atomic E-state index is 13.4. The van der Waals surface area contributed by atoms with Crippen LogP contribution in [0.25, 0.3) is 5.69 Å². The molecule has 7 nitrogen and oxygen atoms in total. The third kappa shape index (κ3) is 4.67. The van der Waals surface area contributed by atoms with Gasteiger partial charge in [0.2, 0.25) is 0 Å². The zero-order valence-corrected chi connectivity index (χ0v) is 21.2. The van der Waals surface area contributed by atoms with Crippen molar-refractivity contribution in [2.75, 3.05) is 45.2 Å². The van der Waals surface area contributed by atoms with Crippen LogP contribution in [0.3, 0.4) is 0 Å². The quantitative estimate of drug-likeness (QED) is 0.521. The van der Waals surface area contributed by atoms with Gasteiger partial charge in [0.1, 0.15) is 5.60 Å². The van der Waals surface area contributed by atoms with Gasteiger partial charge in [0.15, 0.2) is 0 Å². The van der Waals surface area contributed by atoms with Crippen LogP contribution in [0.4, 0.5) is 5.69 Å². The van der Waals surface area contributed by atoms with E-state index in [1.54, 1.807) is 11.7 Å². The largest absolute Gasteiger partial charge is 0.372 e. The monoisotopic (exact) mass is 475 g/mol. The number of pyridine rings is 1. The average Bonchev–Trinajstić information content (AvgIpc) is 3.48. The predicted molar refractivity (Wildman–Crippen MR) is 140 cm³/mol. The number of nitrogens with zero attached hydrogens (tertiary/aromatic N) is 5. The SMILES string of the molecule is COC1(c2ccc(-n3c(C)cn(CCc4ccccc4N4CCN(C)CC4)c3=O)cn2)CCCC1. The zero-order valence-electron chi connectivity index (χ0n) is 21.2. The van der Waals surface area contributed by atoms with Gasteiger partial charge in [0, 0.05) is 57.4 Å². The van der Waals surface area contributed by atoms with Gasteiger partial charge in [-0.2, -0.15) is 0 Å². The van der Waals surface area contributed by atoms with Gasteiger partial charge in [-0.05, 0) is 57.0 Å². The first-order valence-corrected chi connectivity index (χ1v) is 12.8. The van der Waals surface area contributed by atoms with Crippen molar-refractivity contribution >= 4 is 5.69 Å². The first-order valence-electron chi connectivity index (χ1n) is 12.8. The molecule has 2 aliphatic rings. The lowest BCUT2D eigenvalue weighted by atomic mass is 9.97. The minimum Gasteiger partial charge on any atom is -0.372 e. The van der Waals surface area contributed by atoms with Crippen LogP contribution in [0.15, 0.2) is 53.6 Å². The molecule has 0 atom stereocenters. The molecule has 0 amide bonds. The number of benzene rings is 1. The highest BCUT2D eigenvalue weighted by Crippen LogP contribution is 2.40. The fourth-order valence-electron chi connectivity index (χ4n) is 5.71. The Morgan fingerprint density at radius 3 is 2.46 bits per heavy atom. The summed E-state index contributed by atoms with van der Waals surface area (Å²) in [6.45, 7) is 6.86. The molecule has 1 saturated heterocycles. The van der Waals surface area contributed by atoms with E-state index in [2.05, 4.69) is 41.1 Å². The van der Waals surface area contributed by atoms with E-state index < -0.39 is 0 Å². The second-order valence-corrected chi connectivity index (χ2v) is 10.1. The third-order valence-electron chi connectivity index (χ3n) is 7.86. The van der Waals surface area contributed by atoms with Crippen molar-refractivity contribution in [1.29, 1.82) is 0 Å². The van der Waals surface area contributed by atoms with Crippen LogP contribution in [0, 0.1) is 6.92 Å².